The van der Waals surface area contributed by atoms with Gasteiger partial charge in [0.05, 0.1) is 5.56 Å². The van der Waals surface area contributed by atoms with E-state index < -0.39 is 11.7 Å². The lowest BCUT2D eigenvalue weighted by Gasteiger charge is -2.07. The Labute approximate surface area is 106 Å². The molecule has 4 nitrogen and oxygen atoms in total. The molecule has 0 saturated carbocycles. The molecule has 0 aromatic heterocycles. The summed E-state index contributed by atoms with van der Waals surface area (Å²) >= 11 is 0. The average Bonchev–Trinajstić information content (AvgIpc) is 2.37. The van der Waals surface area contributed by atoms with E-state index in [9.17, 15) is 14.0 Å². The molecule has 1 aromatic rings. The monoisotopic (exact) mass is 252 g/mol. The van der Waals surface area contributed by atoms with Crippen LogP contribution in [0.1, 0.15) is 43.0 Å². The first-order valence-electron chi connectivity index (χ1n) is 5.99. The Kier molecular flexibility index (Phi) is 5.84. The van der Waals surface area contributed by atoms with Crippen molar-refractivity contribution in [2.45, 2.75) is 32.6 Å². The molecule has 5 heteroatoms. The van der Waals surface area contributed by atoms with E-state index >= 15 is 0 Å². The highest BCUT2D eigenvalue weighted by Crippen LogP contribution is 2.05. The molecule has 98 valence electrons. The van der Waals surface area contributed by atoms with Crippen LogP contribution in [0, 0.1) is 5.82 Å². The van der Waals surface area contributed by atoms with Gasteiger partial charge in [-0.05, 0) is 18.6 Å². The number of benzene rings is 1. The normalized spacial score (nSPS) is 9.89. The third-order valence-corrected chi connectivity index (χ3v) is 2.44. The highest BCUT2D eigenvalue weighted by molar-refractivity contribution is 5.95. The van der Waals surface area contributed by atoms with Crippen molar-refractivity contribution in [3.8, 4) is 0 Å². The van der Waals surface area contributed by atoms with E-state index in [0.717, 1.165) is 19.3 Å². The molecule has 0 heterocycles. The van der Waals surface area contributed by atoms with Crippen LogP contribution in [0.4, 0.5) is 4.39 Å². The lowest BCUT2D eigenvalue weighted by Crippen LogP contribution is -2.41. The summed E-state index contributed by atoms with van der Waals surface area (Å²) in [6, 6.07) is 5.60. The Morgan fingerprint density at radius 3 is 2.56 bits per heavy atom. The zero-order chi connectivity index (χ0) is 13.4. The number of amides is 2. The predicted molar refractivity (Wildman–Crippen MR) is 66.2 cm³/mol. The molecule has 2 amide bonds. The molecular formula is C13H17FN2O2. The number of carbonyl (C=O) groups is 2. The molecule has 1 aromatic carbocycles. The second-order valence-electron chi connectivity index (χ2n) is 3.94. The minimum atomic E-state index is -0.656. The lowest BCUT2D eigenvalue weighted by molar-refractivity contribution is -0.121. The van der Waals surface area contributed by atoms with Crippen LogP contribution in [-0.4, -0.2) is 11.8 Å². The van der Waals surface area contributed by atoms with Gasteiger partial charge < -0.3 is 0 Å². The minimum absolute atomic E-state index is 0.0913. The van der Waals surface area contributed by atoms with Crippen molar-refractivity contribution in [1.82, 2.24) is 10.9 Å². The molecule has 0 aliphatic rings. The van der Waals surface area contributed by atoms with Gasteiger partial charge in [-0.2, -0.15) is 0 Å². The van der Waals surface area contributed by atoms with Crippen molar-refractivity contribution in [2.75, 3.05) is 0 Å². The number of hydrazine groups is 1. The van der Waals surface area contributed by atoms with Crippen molar-refractivity contribution in [3.63, 3.8) is 0 Å². The van der Waals surface area contributed by atoms with Crippen molar-refractivity contribution in [3.05, 3.63) is 35.6 Å². The first-order valence-corrected chi connectivity index (χ1v) is 5.99. The lowest BCUT2D eigenvalue weighted by atomic mass is 10.2. The highest BCUT2D eigenvalue weighted by Gasteiger charge is 2.11. The van der Waals surface area contributed by atoms with Crippen molar-refractivity contribution in [1.29, 1.82) is 0 Å². The van der Waals surface area contributed by atoms with Gasteiger partial charge in [0.2, 0.25) is 5.91 Å². The number of hydrogen-bond acceptors (Lipinski definition) is 2. The van der Waals surface area contributed by atoms with Gasteiger partial charge in [-0.25, -0.2) is 4.39 Å². The summed E-state index contributed by atoms with van der Waals surface area (Å²) < 4.78 is 13.2. The molecule has 0 aliphatic carbocycles. The summed E-state index contributed by atoms with van der Waals surface area (Å²) in [6.07, 6.45) is 3.12. The van der Waals surface area contributed by atoms with Crippen molar-refractivity contribution in [2.24, 2.45) is 0 Å². The fraction of sp³-hybridized carbons (Fsp3) is 0.385. The first kappa shape index (κ1) is 14.2. The summed E-state index contributed by atoms with van der Waals surface area (Å²) in [5.74, 6) is -1.54. The fourth-order valence-electron chi connectivity index (χ4n) is 1.44. The van der Waals surface area contributed by atoms with Crippen LogP contribution < -0.4 is 10.9 Å². The van der Waals surface area contributed by atoms with Crippen LogP contribution in [-0.2, 0) is 4.79 Å². The average molecular weight is 252 g/mol. The van der Waals surface area contributed by atoms with Crippen molar-refractivity contribution < 1.29 is 14.0 Å². The van der Waals surface area contributed by atoms with Gasteiger partial charge in [-0.15, -0.1) is 0 Å². The zero-order valence-corrected chi connectivity index (χ0v) is 10.3. The third-order valence-electron chi connectivity index (χ3n) is 2.44. The molecule has 2 N–H and O–H groups in total. The van der Waals surface area contributed by atoms with E-state index in [2.05, 4.69) is 10.9 Å². The summed E-state index contributed by atoms with van der Waals surface area (Å²) in [7, 11) is 0. The minimum Gasteiger partial charge on any atom is -0.273 e. The molecule has 1 rings (SSSR count). The summed E-state index contributed by atoms with van der Waals surface area (Å²) in [4.78, 5) is 22.9. The van der Waals surface area contributed by atoms with Crippen LogP contribution in [0.25, 0.3) is 0 Å². The largest absolute Gasteiger partial charge is 0.273 e. The molecule has 18 heavy (non-hydrogen) atoms. The maximum Gasteiger partial charge on any atom is 0.272 e. The summed E-state index contributed by atoms with van der Waals surface area (Å²) in [5, 5.41) is 0. The van der Waals surface area contributed by atoms with Crippen LogP contribution in [0.5, 0.6) is 0 Å². The molecule has 0 spiro atoms. The second-order valence-corrected chi connectivity index (χ2v) is 3.94. The smallest absolute Gasteiger partial charge is 0.272 e. The van der Waals surface area contributed by atoms with Crippen LogP contribution in [0.3, 0.4) is 0 Å². The van der Waals surface area contributed by atoms with E-state index in [-0.39, 0.29) is 11.5 Å². The molecule has 0 saturated heterocycles. The Morgan fingerprint density at radius 2 is 1.89 bits per heavy atom. The Bertz CT molecular complexity index is 421. The maximum atomic E-state index is 13.2. The third kappa shape index (κ3) is 4.53. The second kappa shape index (κ2) is 7.42. The van der Waals surface area contributed by atoms with Gasteiger partial charge in [-0.3, -0.25) is 20.4 Å². The highest BCUT2D eigenvalue weighted by atomic mass is 19.1. The molecule has 0 unspecified atom stereocenters. The van der Waals surface area contributed by atoms with Gasteiger partial charge in [0.15, 0.2) is 0 Å². The van der Waals surface area contributed by atoms with Gasteiger partial charge in [0.25, 0.3) is 5.91 Å². The predicted octanol–water partition coefficient (Wildman–Crippen LogP) is 2.17. The molecule has 0 atom stereocenters. The quantitative estimate of drug-likeness (QED) is 0.623. The Morgan fingerprint density at radius 1 is 1.17 bits per heavy atom. The number of carbonyl (C=O) groups excluding carboxylic acids is 2. The van der Waals surface area contributed by atoms with E-state index in [1.54, 1.807) is 6.07 Å². The van der Waals surface area contributed by atoms with Gasteiger partial charge in [0, 0.05) is 6.42 Å². The SMILES string of the molecule is CCCCCC(=O)NNC(=O)c1ccccc1F. The van der Waals surface area contributed by atoms with Gasteiger partial charge in [0.1, 0.15) is 5.82 Å². The number of halogens is 1. The van der Waals surface area contributed by atoms with E-state index in [4.69, 9.17) is 0 Å². The van der Waals surface area contributed by atoms with Gasteiger partial charge >= 0.3 is 0 Å². The first-order chi connectivity index (χ1) is 8.65. The molecule has 0 fully saturated rings. The molecular weight excluding hydrogens is 235 g/mol. The van der Waals surface area contributed by atoms with Gasteiger partial charge in [-0.1, -0.05) is 31.9 Å². The standard InChI is InChI=1S/C13H17FN2O2/c1-2-3-4-9-12(17)15-16-13(18)10-7-5-6-8-11(10)14/h5-8H,2-4,9H2,1H3,(H,15,17)(H,16,18). The topological polar surface area (TPSA) is 58.2 Å². The maximum absolute atomic E-state index is 13.2. The molecule has 0 aliphatic heterocycles. The number of nitrogens with one attached hydrogen (secondary N) is 2. The van der Waals surface area contributed by atoms with Crippen molar-refractivity contribution >= 4 is 11.8 Å². The number of rotatable bonds is 5. The summed E-state index contributed by atoms with van der Waals surface area (Å²) in [6.45, 7) is 2.04. The fourth-order valence-corrected chi connectivity index (χ4v) is 1.44. The zero-order valence-electron chi connectivity index (χ0n) is 10.3. The molecule has 0 radical (unpaired) electrons. The Balaban J connectivity index is 2.38. The Hall–Kier alpha value is -1.91. The van der Waals surface area contributed by atoms with Crippen LogP contribution in [0.2, 0.25) is 0 Å². The van der Waals surface area contributed by atoms with Crippen LogP contribution in [0.15, 0.2) is 24.3 Å². The van der Waals surface area contributed by atoms with E-state index in [1.165, 1.54) is 18.2 Å². The summed E-state index contributed by atoms with van der Waals surface area (Å²) in [5.41, 5.74) is 4.36. The number of hydrogen-bond donors (Lipinski definition) is 2. The van der Waals surface area contributed by atoms with E-state index in [0.29, 0.717) is 6.42 Å². The van der Waals surface area contributed by atoms with Crippen LogP contribution >= 0.6 is 0 Å². The molecule has 0 bridgehead atoms. The number of unbranched alkanes of at least 4 members (excludes halogenated alkanes) is 2. The van der Waals surface area contributed by atoms with E-state index in [1.807, 2.05) is 6.92 Å².